The number of hydrogen-bond acceptors (Lipinski definition) is 5. The highest BCUT2D eigenvalue weighted by atomic mass is 16.5. The van der Waals surface area contributed by atoms with Gasteiger partial charge >= 0.3 is 0 Å². The SMILES string of the molecule is COCCn1nnnc1[C@@H](c1ccc(C)cc1)[NH+]1CCN(c2cccc(C)c2C)CC1. The summed E-state index contributed by atoms with van der Waals surface area (Å²) in [6, 6.07) is 15.5. The van der Waals surface area contributed by atoms with Crippen LogP contribution in [0.15, 0.2) is 42.5 Å². The summed E-state index contributed by atoms with van der Waals surface area (Å²) in [5.74, 6) is 0.913. The molecule has 31 heavy (non-hydrogen) atoms. The van der Waals surface area contributed by atoms with Gasteiger partial charge in [0.2, 0.25) is 5.82 Å². The van der Waals surface area contributed by atoms with Crippen molar-refractivity contribution >= 4 is 5.69 Å². The van der Waals surface area contributed by atoms with Crippen molar-refractivity contribution in [2.45, 2.75) is 33.4 Å². The standard InChI is InChI=1S/C24H32N6O/c1-18-8-10-21(11-9-18)23(24-25-26-27-30(24)16-17-31-4)29-14-12-28(13-15-29)22-7-5-6-19(2)20(22)3/h5-11,23H,12-17H2,1-4H3/p+1/t23-/m1/s1. The van der Waals surface area contributed by atoms with Crippen LogP contribution in [0.1, 0.15) is 34.1 Å². The average molecular weight is 422 g/mol. The van der Waals surface area contributed by atoms with E-state index in [9.17, 15) is 0 Å². The fraction of sp³-hybridized carbons (Fsp3) is 0.458. The lowest BCUT2D eigenvalue weighted by Gasteiger charge is -2.38. The second-order valence-corrected chi connectivity index (χ2v) is 8.46. The number of nitrogens with zero attached hydrogens (tertiary/aromatic N) is 5. The summed E-state index contributed by atoms with van der Waals surface area (Å²) in [5.41, 5.74) is 6.60. The van der Waals surface area contributed by atoms with Crippen molar-refractivity contribution in [3.8, 4) is 0 Å². The van der Waals surface area contributed by atoms with Crippen molar-refractivity contribution in [2.75, 3.05) is 44.8 Å². The van der Waals surface area contributed by atoms with Gasteiger partial charge in [0.05, 0.1) is 39.3 Å². The Morgan fingerprint density at radius 2 is 1.77 bits per heavy atom. The van der Waals surface area contributed by atoms with Crippen molar-refractivity contribution in [2.24, 2.45) is 0 Å². The molecule has 3 aromatic rings. The minimum Gasteiger partial charge on any atom is -0.383 e. The van der Waals surface area contributed by atoms with Crippen LogP contribution in [0.5, 0.6) is 0 Å². The molecule has 1 aliphatic heterocycles. The van der Waals surface area contributed by atoms with Crippen LogP contribution in [0.25, 0.3) is 0 Å². The zero-order valence-corrected chi connectivity index (χ0v) is 19.0. The summed E-state index contributed by atoms with van der Waals surface area (Å²) < 4.78 is 7.17. The molecule has 1 fully saturated rings. The molecule has 0 spiro atoms. The number of quaternary nitrogens is 1. The number of nitrogens with one attached hydrogen (secondary N) is 1. The monoisotopic (exact) mass is 421 g/mol. The van der Waals surface area contributed by atoms with Gasteiger partial charge in [-0.1, -0.05) is 42.0 Å². The van der Waals surface area contributed by atoms with E-state index in [0.717, 1.165) is 32.0 Å². The van der Waals surface area contributed by atoms with Crippen molar-refractivity contribution in [3.05, 3.63) is 70.5 Å². The van der Waals surface area contributed by atoms with Crippen LogP contribution < -0.4 is 9.80 Å². The van der Waals surface area contributed by atoms with E-state index in [1.807, 2.05) is 4.68 Å². The maximum atomic E-state index is 5.27. The van der Waals surface area contributed by atoms with Gasteiger partial charge in [-0.2, -0.15) is 0 Å². The molecule has 1 N–H and O–H groups in total. The molecule has 1 aliphatic rings. The zero-order valence-electron chi connectivity index (χ0n) is 19.0. The van der Waals surface area contributed by atoms with Crippen molar-refractivity contribution in [3.63, 3.8) is 0 Å². The van der Waals surface area contributed by atoms with Gasteiger partial charge in [0, 0.05) is 18.4 Å². The minimum absolute atomic E-state index is 0.105. The number of hydrogen-bond donors (Lipinski definition) is 1. The van der Waals surface area contributed by atoms with Gasteiger partial charge < -0.3 is 14.5 Å². The van der Waals surface area contributed by atoms with Gasteiger partial charge in [-0.25, -0.2) is 4.68 Å². The quantitative estimate of drug-likeness (QED) is 0.630. The maximum Gasteiger partial charge on any atom is 0.214 e. The molecule has 7 heteroatoms. The average Bonchev–Trinajstić information content (AvgIpc) is 3.24. The van der Waals surface area contributed by atoms with Gasteiger partial charge in [-0.05, 0) is 48.4 Å². The van der Waals surface area contributed by atoms with Crippen molar-refractivity contribution in [1.29, 1.82) is 0 Å². The Bertz CT molecular complexity index is 992. The third-order valence-electron chi connectivity index (χ3n) is 6.47. The van der Waals surface area contributed by atoms with Crippen LogP contribution in [0, 0.1) is 20.8 Å². The maximum absolute atomic E-state index is 5.27. The Balaban J connectivity index is 1.59. The molecule has 0 radical (unpaired) electrons. The predicted octanol–water partition coefficient (Wildman–Crippen LogP) is 1.74. The predicted molar refractivity (Wildman–Crippen MR) is 122 cm³/mol. The first-order chi connectivity index (χ1) is 15.1. The van der Waals surface area contributed by atoms with Crippen LogP contribution in [0.3, 0.4) is 0 Å². The van der Waals surface area contributed by atoms with E-state index in [0.29, 0.717) is 13.2 Å². The molecule has 1 atom stereocenters. The molecule has 1 saturated heterocycles. The van der Waals surface area contributed by atoms with E-state index in [-0.39, 0.29) is 6.04 Å². The highest BCUT2D eigenvalue weighted by Crippen LogP contribution is 2.23. The number of benzene rings is 2. The Hall–Kier alpha value is -2.77. The number of anilines is 1. The van der Waals surface area contributed by atoms with E-state index in [1.54, 1.807) is 7.11 Å². The zero-order chi connectivity index (χ0) is 21.8. The summed E-state index contributed by atoms with van der Waals surface area (Å²) in [6.45, 7) is 11.9. The lowest BCUT2D eigenvalue weighted by atomic mass is 10.0. The smallest absolute Gasteiger partial charge is 0.214 e. The largest absolute Gasteiger partial charge is 0.383 e. The van der Waals surface area contributed by atoms with E-state index in [4.69, 9.17) is 4.74 Å². The number of aromatic nitrogens is 4. The number of rotatable bonds is 7. The molecule has 164 valence electrons. The third-order valence-corrected chi connectivity index (χ3v) is 6.47. The fourth-order valence-corrected chi connectivity index (χ4v) is 4.48. The number of methoxy groups -OCH3 is 1. The van der Waals surface area contributed by atoms with E-state index >= 15 is 0 Å². The van der Waals surface area contributed by atoms with Gasteiger partial charge in [0.15, 0.2) is 6.04 Å². The molecular formula is C24H33N6O+. The Morgan fingerprint density at radius 1 is 1.03 bits per heavy atom. The van der Waals surface area contributed by atoms with Crippen LogP contribution in [0.2, 0.25) is 0 Å². The minimum atomic E-state index is 0.105. The summed E-state index contributed by atoms with van der Waals surface area (Å²) in [7, 11) is 1.71. The van der Waals surface area contributed by atoms with E-state index in [2.05, 4.69) is 83.7 Å². The second kappa shape index (κ2) is 9.58. The molecule has 1 aromatic heterocycles. The summed E-state index contributed by atoms with van der Waals surface area (Å²) in [4.78, 5) is 4.02. The number of ether oxygens (including phenoxy) is 1. The summed E-state index contributed by atoms with van der Waals surface area (Å²) >= 11 is 0. The first-order valence-corrected chi connectivity index (χ1v) is 11.1. The van der Waals surface area contributed by atoms with Crippen molar-refractivity contribution in [1.82, 2.24) is 20.2 Å². The Morgan fingerprint density at radius 3 is 2.48 bits per heavy atom. The second-order valence-electron chi connectivity index (χ2n) is 8.46. The molecule has 0 unspecified atom stereocenters. The number of aryl methyl sites for hydroxylation is 2. The lowest BCUT2D eigenvalue weighted by Crippen LogP contribution is -3.15. The first kappa shape index (κ1) is 21.5. The highest BCUT2D eigenvalue weighted by Gasteiger charge is 2.34. The molecule has 2 heterocycles. The normalized spacial score (nSPS) is 15.9. The lowest BCUT2D eigenvalue weighted by molar-refractivity contribution is -0.927. The highest BCUT2D eigenvalue weighted by molar-refractivity contribution is 5.56. The van der Waals surface area contributed by atoms with Crippen molar-refractivity contribution < 1.29 is 9.64 Å². The summed E-state index contributed by atoms with van der Waals surface area (Å²) in [6.07, 6.45) is 0. The Kier molecular flexibility index (Phi) is 6.63. The summed E-state index contributed by atoms with van der Waals surface area (Å²) in [5, 5.41) is 12.7. The van der Waals surface area contributed by atoms with Crippen LogP contribution in [0.4, 0.5) is 5.69 Å². The third kappa shape index (κ3) is 4.62. The van der Waals surface area contributed by atoms with Crippen LogP contribution in [-0.2, 0) is 11.3 Å². The van der Waals surface area contributed by atoms with E-state index in [1.165, 1.54) is 32.8 Å². The Labute approximate surface area is 184 Å². The van der Waals surface area contributed by atoms with Gasteiger partial charge in [0.25, 0.3) is 0 Å². The van der Waals surface area contributed by atoms with Crippen LogP contribution in [-0.4, -0.2) is 60.1 Å². The molecule has 0 saturated carbocycles. The molecular weight excluding hydrogens is 388 g/mol. The molecule has 7 nitrogen and oxygen atoms in total. The van der Waals surface area contributed by atoms with Crippen LogP contribution >= 0.6 is 0 Å². The number of piperazine rings is 1. The van der Waals surface area contributed by atoms with E-state index < -0.39 is 0 Å². The topological polar surface area (TPSA) is 60.5 Å². The van der Waals surface area contributed by atoms with Gasteiger partial charge in [-0.15, -0.1) is 5.10 Å². The first-order valence-electron chi connectivity index (χ1n) is 11.1. The molecule has 0 amide bonds. The molecule has 4 rings (SSSR count). The molecule has 0 aliphatic carbocycles. The van der Waals surface area contributed by atoms with Gasteiger partial charge in [-0.3, -0.25) is 0 Å². The fourth-order valence-electron chi connectivity index (χ4n) is 4.48. The molecule has 0 bridgehead atoms. The van der Waals surface area contributed by atoms with Gasteiger partial charge in [0.1, 0.15) is 0 Å². The number of tetrazole rings is 1. The molecule has 2 aromatic carbocycles.